The Kier molecular flexibility index (Phi) is 5.75. The lowest BCUT2D eigenvalue weighted by Crippen LogP contribution is -2.37. The molecule has 3 nitrogen and oxygen atoms in total. The van der Waals surface area contributed by atoms with Gasteiger partial charge in [-0.3, -0.25) is 0 Å². The molecule has 100 valence electrons. The lowest BCUT2D eigenvalue weighted by atomic mass is 10.0. The van der Waals surface area contributed by atoms with Crippen LogP contribution in [0.15, 0.2) is 0 Å². The largest absolute Gasteiger partial charge is 0.381 e. The van der Waals surface area contributed by atoms with Crippen LogP contribution in [0.5, 0.6) is 0 Å². The van der Waals surface area contributed by atoms with Crippen molar-refractivity contribution >= 4 is 0 Å². The molecule has 0 aliphatic carbocycles. The lowest BCUT2D eigenvalue weighted by molar-refractivity contribution is 0.160. The fraction of sp³-hybridized carbons (Fsp3) is 1.00. The van der Waals surface area contributed by atoms with Gasteiger partial charge in [-0.2, -0.15) is 0 Å². The van der Waals surface area contributed by atoms with Crippen LogP contribution < -0.4 is 5.32 Å². The van der Waals surface area contributed by atoms with Crippen LogP contribution in [0, 0.1) is 5.92 Å². The highest BCUT2D eigenvalue weighted by Crippen LogP contribution is 2.19. The summed E-state index contributed by atoms with van der Waals surface area (Å²) >= 11 is 0. The van der Waals surface area contributed by atoms with E-state index in [1.165, 1.54) is 58.3 Å². The van der Waals surface area contributed by atoms with Gasteiger partial charge in [-0.1, -0.05) is 6.92 Å². The summed E-state index contributed by atoms with van der Waals surface area (Å²) in [6, 6.07) is 0.817. The highest BCUT2D eigenvalue weighted by Gasteiger charge is 2.21. The van der Waals surface area contributed by atoms with E-state index < -0.39 is 0 Å². The number of hydrogen-bond acceptors (Lipinski definition) is 3. The van der Waals surface area contributed by atoms with Crippen LogP contribution in [-0.4, -0.2) is 50.3 Å². The summed E-state index contributed by atoms with van der Waals surface area (Å²) in [5, 5.41) is 3.51. The Bertz CT molecular complexity index is 196. The van der Waals surface area contributed by atoms with Gasteiger partial charge >= 0.3 is 0 Å². The number of nitrogens with one attached hydrogen (secondary N) is 1. The van der Waals surface area contributed by atoms with E-state index in [0.29, 0.717) is 0 Å². The van der Waals surface area contributed by atoms with Gasteiger partial charge < -0.3 is 15.0 Å². The van der Waals surface area contributed by atoms with Crippen molar-refractivity contribution in [1.29, 1.82) is 0 Å². The molecular weight excluding hydrogens is 212 g/mol. The van der Waals surface area contributed by atoms with Crippen molar-refractivity contribution in [3.05, 3.63) is 0 Å². The smallest absolute Gasteiger partial charge is 0.0495 e. The second kappa shape index (κ2) is 7.34. The van der Waals surface area contributed by atoms with Gasteiger partial charge in [0.05, 0.1) is 0 Å². The topological polar surface area (TPSA) is 24.5 Å². The van der Waals surface area contributed by atoms with E-state index in [4.69, 9.17) is 4.74 Å². The summed E-state index contributed by atoms with van der Waals surface area (Å²) in [6.45, 7) is 9.20. The molecule has 0 bridgehead atoms. The van der Waals surface area contributed by atoms with Crippen molar-refractivity contribution in [3.8, 4) is 0 Å². The van der Waals surface area contributed by atoms with Crippen molar-refractivity contribution in [2.75, 3.05) is 39.4 Å². The van der Waals surface area contributed by atoms with Crippen LogP contribution in [-0.2, 0) is 4.74 Å². The maximum absolute atomic E-state index is 5.46. The zero-order valence-electron chi connectivity index (χ0n) is 11.3. The Labute approximate surface area is 106 Å². The van der Waals surface area contributed by atoms with Crippen LogP contribution >= 0.6 is 0 Å². The first-order valence-corrected chi connectivity index (χ1v) is 7.42. The van der Waals surface area contributed by atoms with Gasteiger partial charge in [0.1, 0.15) is 0 Å². The van der Waals surface area contributed by atoms with E-state index in [-0.39, 0.29) is 0 Å². The SMILES string of the molecule is CCN(CCC1CCOC1)C1CCCNCC1. The molecule has 0 radical (unpaired) electrons. The van der Waals surface area contributed by atoms with Crippen LogP contribution in [0.25, 0.3) is 0 Å². The number of hydrogen-bond donors (Lipinski definition) is 1. The normalized spacial score (nSPS) is 30.7. The summed E-state index contributed by atoms with van der Waals surface area (Å²) in [6.07, 6.45) is 6.66. The monoisotopic (exact) mass is 240 g/mol. The molecule has 0 aromatic rings. The van der Waals surface area contributed by atoms with Gasteiger partial charge in [0, 0.05) is 19.3 Å². The Morgan fingerprint density at radius 3 is 2.94 bits per heavy atom. The molecule has 0 amide bonds. The van der Waals surface area contributed by atoms with E-state index in [0.717, 1.165) is 25.2 Å². The zero-order valence-corrected chi connectivity index (χ0v) is 11.3. The number of nitrogens with zero attached hydrogens (tertiary/aromatic N) is 1. The molecule has 2 aliphatic heterocycles. The molecular formula is C14H28N2O. The molecule has 2 aliphatic rings. The molecule has 2 unspecified atom stereocenters. The maximum atomic E-state index is 5.46. The third-order valence-electron chi connectivity index (χ3n) is 4.32. The zero-order chi connectivity index (χ0) is 11.9. The van der Waals surface area contributed by atoms with Crippen molar-refractivity contribution in [2.24, 2.45) is 5.92 Å². The Morgan fingerprint density at radius 2 is 2.18 bits per heavy atom. The second-order valence-electron chi connectivity index (χ2n) is 5.48. The summed E-state index contributed by atoms with van der Waals surface area (Å²) < 4.78 is 5.46. The van der Waals surface area contributed by atoms with Gasteiger partial charge in [0.2, 0.25) is 0 Å². The molecule has 0 spiro atoms. The molecule has 2 saturated heterocycles. The highest BCUT2D eigenvalue weighted by molar-refractivity contribution is 4.77. The van der Waals surface area contributed by atoms with E-state index >= 15 is 0 Å². The van der Waals surface area contributed by atoms with Crippen LogP contribution in [0.2, 0.25) is 0 Å². The molecule has 0 saturated carbocycles. The minimum absolute atomic E-state index is 0.817. The van der Waals surface area contributed by atoms with E-state index in [1.807, 2.05) is 0 Å². The third-order valence-corrected chi connectivity index (χ3v) is 4.32. The first kappa shape index (κ1) is 13.3. The quantitative estimate of drug-likeness (QED) is 0.794. The lowest BCUT2D eigenvalue weighted by Gasteiger charge is -2.30. The predicted molar refractivity (Wildman–Crippen MR) is 71.3 cm³/mol. The average Bonchev–Trinajstić information content (AvgIpc) is 2.72. The Morgan fingerprint density at radius 1 is 1.24 bits per heavy atom. The molecule has 2 heterocycles. The molecule has 17 heavy (non-hydrogen) atoms. The summed E-state index contributed by atoms with van der Waals surface area (Å²) in [5.41, 5.74) is 0. The molecule has 1 N–H and O–H groups in total. The third kappa shape index (κ3) is 4.23. The Hall–Kier alpha value is -0.120. The molecule has 0 aromatic carbocycles. The van der Waals surface area contributed by atoms with Gasteiger partial charge in [-0.25, -0.2) is 0 Å². The molecule has 0 aromatic heterocycles. The van der Waals surface area contributed by atoms with Gasteiger partial charge in [0.25, 0.3) is 0 Å². The van der Waals surface area contributed by atoms with Crippen LogP contribution in [0.1, 0.15) is 39.0 Å². The fourth-order valence-corrected chi connectivity index (χ4v) is 3.12. The van der Waals surface area contributed by atoms with E-state index in [1.54, 1.807) is 0 Å². The van der Waals surface area contributed by atoms with Crippen molar-refractivity contribution in [1.82, 2.24) is 10.2 Å². The van der Waals surface area contributed by atoms with Gasteiger partial charge in [-0.05, 0) is 64.2 Å². The predicted octanol–water partition coefficient (Wildman–Crippen LogP) is 1.88. The molecule has 2 atom stereocenters. The summed E-state index contributed by atoms with van der Waals surface area (Å²) in [7, 11) is 0. The maximum Gasteiger partial charge on any atom is 0.0495 e. The first-order chi connectivity index (χ1) is 8.40. The molecule has 2 rings (SSSR count). The van der Waals surface area contributed by atoms with Crippen LogP contribution in [0.4, 0.5) is 0 Å². The molecule has 3 heteroatoms. The highest BCUT2D eigenvalue weighted by atomic mass is 16.5. The molecule has 2 fully saturated rings. The fourth-order valence-electron chi connectivity index (χ4n) is 3.12. The summed E-state index contributed by atoms with van der Waals surface area (Å²) in [5.74, 6) is 0.827. The Balaban J connectivity index is 1.73. The average molecular weight is 240 g/mol. The van der Waals surface area contributed by atoms with Gasteiger partial charge in [0.15, 0.2) is 0 Å². The minimum atomic E-state index is 0.817. The van der Waals surface area contributed by atoms with E-state index in [2.05, 4.69) is 17.1 Å². The number of ether oxygens (including phenoxy) is 1. The van der Waals surface area contributed by atoms with Crippen molar-refractivity contribution < 1.29 is 4.74 Å². The van der Waals surface area contributed by atoms with Gasteiger partial charge in [-0.15, -0.1) is 0 Å². The van der Waals surface area contributed by atoms with E-state index in [9.17, 15) is 0 Å². The van der Waals surface area contributed by atoms with Crippen molar-refractivity contribution in [2.45, 2.75) is 45.1 Å². The summed E-state index contributed by atoms with van der Waals surface area (Å²) in [4.78, 5) is 2.70. The van der Waals surface area contributed by atoms with Crippen LogP contribution in [0.3, 0.4) is 0 Å². The number of rotatable bonds is 5. The standard InChI is InChI=1S/C14H28N2O/c1-2-16(10-6-13-7-11-17-12-13)14-4-3-8-15-9-5-14/h13-15H,2-12H2,1H3. The minimum Gasteiger partial charge on any atom is -0.381 e. The van der Waals surface area contributed by atoms with Crippen molar-refractivity contribution in [3.63, 3.8) is 0 Å². The first-order valence-electron chi connectivity index (χ1n) is 7.42. The second-order valence-corrected chi connectivity index (χ2v) is 5.48.